The average molecular weight is 246 g/mol. The third-order valence-corrected chi connectivity index (χ3v) is 2.20. The van der Waals surface area contributed by atoms with Gasteiger partial charge in [0.25, 0.3) is 0 Å². The minimum atomic E-state index is -0.235. The number of hydrogen-bond donors (Lipinski definition) is 1. The monoisotopic (exact) mass is 246 g/mol. The third-order valence-electron chi connectivity index (χ3n) is 2.20. The maximum Gasteiger partial charge on any atom is 0.239 e. The van der Waals surface area contributed by atoms with Crippen LogP contribution in [-0.4, -0.2) is 30.0 Å². The summed E-state index contributed by atoms with van der Waals surface area (Å²) < 4.78 is 0. The van der Waals surface area contributed by atoms with Crippen LogP contribution in [0.5, 0.6) is 0 Å². The van der Waals surface area contributed by atoms with Crippen molar-refractivity contribution >= 4 is 11.6 Å². The number of nitriles is 1. The van der Waals surface area contributed by atoms with Gasteiger partial charge in [0, 0.05) is 12.6 Å². The molecule has 96 valence electrons. The summed E-state index contributed by atoms with van der Waals surface area (Å²) >= 11 is 0. The zero-order chi connectivity index (χ0) is 13.8. The van der Waals surface area contributed by atoms with E-state index in [0.717, 1.165) is 5.69 Å². The summed E-state index contributed by atoms with van der Waals surface area (Å²) in [4.78, 5) is 17.5. The molecule has 0 aromatic carbocycles. The number of pyridine rings is 1. The van der Waals surface area contributed by atoms with Crippen LogP contribution in [0.15, 0.2) is 18.3 Å². The Morgan fingerprint density at radius 1 is 1.50 bits per heavy atom. The second-order valence-corrected chi connectivity index (χ2v) is 5.17. The third kappa shape index (κ3) is 4.42. The number of rotatable bonds is 3. The Balaban J connectivity index is 2.62. The van der Waals surface area contributed by atoms with E-state index in [2.05, 4.69) is 10.3 Å². The van der Waals surface area contributed by atoms with Gasteiger partial charge in [0.05, 0.1) is 18.4 Å². The van der Waals surface area contributed by atoms with Crippen molar-refractivity contribution in [1.29, 1.82) is 5.26 Å². The molecule has 1 amide bonds. The predicted octanol–water partition coefficient (Wildman–Crippen LogP) is 1.30. The molecule has 0 aliphatic carbocycles. The van der Waals surface area contributed by atoms with Gasteiger partial charge in [-0.05, 0) is 32.9 Å². The highest BCUT2D eigenvalue weighted by Crippen LogP contribution is 2.10. The normalized spacial score (nSPS) is 10.6. The van der Waals surface area contributed by atoms with E-state index in [1.54, 1.807) is 23.2 Å². The Kier molecular flexibility index (Phi) is 4.27. The molecule has 0 radical (unpaired) electrons. The predicted molar refractivity (Wildman–Crippen MR) is 70.1 cm³/mol. The maximum absolute atomic E-state index is 11.7. The molecule has 0 fully saturated rings. The fourth-order valence-electron chi connectivity index (χ4n) is 1.44. The Labute approximate surface area is 107 Å². The van der Waals surface area contributed by atoms with E-state index in [-0.39, 0.29) is 18.0 Å². The summed E-state index contributed by atoms with van der Waals surface area (Å²) in [6.07, 6.45) is 1.59. The number of amides is 1. The lowest BCUT2D eigenvalue weighted by molar-refractivity contribution is -0.121. The van der Waals surface area contributed by atoms with Crippen LogP contribution >= 0.6 is 0 Å². The van der Waals surface area contributed by atoms with Crippen molar-refractivity contribution in [3.05, 3.63) is 24.0 Å². The Morgan fingerprint density at radius 3 is 2.61 bits per heavy atom. The van der Waals surface area contributed by atoms with Gasteiger partial charge < -0.3 is 10.2 Å². The lowest BCUT2D eigenvalue weighted by atomic mass is 10.1. The summed E-state index contributed by atoms with van der Waals surface area (Å²) in [5.74, 6) is -0.0469. The molecule has 0 saturated heterocycles. The van der Waals surface area contributed by atoms with Crippen molar-refractivity contribution in [2.75, 3.05) is 18.5 Å². The van der Waals surface area contributed by atoms with Crippen LogP contribution in [0.1, 0.15) is 26.5 Å². The first-order valence-corrected chi connectivity index (χ1v) is 5.70. The summed E-state index contributed by atoms with van der Waals surface area (Å²) in [5, 5.41) is 11.5. The second-order valence-electron chi connectivity index (χ2n) is 5.17. The van der Waals surface area contributed by atoms with Crippen LogP contribution < -0.4 is 10.2 Å². The highest BCUT2D eigenvalue weighted by molar-refractivity contribution is 5.81. The number of carbonyl (C=O) groups excluding carboxylic acids is 1. The molecular formula is C13H18N4O. The van der Waals surface area contributed by atoms with Crippen molar-refractivity contribution in [3.8, 4) is 6.07 Å². The van der Waals surface area contributed by atoms with Gasteiger partial charge in [0.2, 0.25) is 5.91 Å². The van der Waals surface area contributed by atoms with E-state index in [0.29, 0.717) is 5.69 Å². The average Bonchev–Trinajstić information content (AvgIpc) is 2.26. The topological polar surface area (TPSA) is 69.0 Å². The Bertz CT molecular complexity index is 453. The van der Waals surface area contributed by atoms with Crippen LogP contribution in [0, 0.1) is 11.3 Å². The van der Waals surface area contributed by atoms with Crippen molar-refractivity contribution in [3.63, 3.8) is 0 Å². The molecule has 0 saturated carbocycles. The lowest BCUT2D eigenvalue weighted by Crippen LogP contribution is -2.45. The number of nitrogens with zero attached hydrogens (tertiary/aromatic N) is 3. The Hall–Kier alpha value is -2.09. The van der Waals surface area contributed by atoms with E-state index in [1.807, 2.05) is 33.9 Å². The van der Waals surface area contributed by atoms with Gasteiger partial charge in [-0.3, -0.25) is 4.79 Å². The van der Waals surface area contributed by atoms with Crippen LogP contribution in [0.3, 0.4) is 0 Å². The molecule has 1 rings (SSSR count). The van der Waals surface area contributed by atoms with Crippen molar-refractivity contribution in [2.24, 2.45) is 0 Å². The van der Waals surface area contributed by atoms with E-state index in [9.17, 15) is 4.79 Å². The van der Waals surface area contributed by atoms with Gasteiger partial charge >= 0.3 is 0 Å². The zero-order valence-corrected chi connectivity index (χ0v) is 11.2. The first-order valence-electron chi connectivity index (χ1n) is 5.70. The molecule has 1 aromatic rings. The standard InChI is InChI=1S/C13H18N4O/c1-13(2,3)16-12(18)9-17(4)11-6-5-10(7-14)15-8-11/h5-6,8H,9H2,1-4H3,(H,16,18). The molecule has 0 unspecified atom stereocenters. The summed E-state index contributed by atoms with van der Waals surface area (Å²) in [5.41, 5.74) is 0.935. The Morgan fingerprint density at radius 2 is 2.17 bits per heavy atom. The number of anilines is 1. The van der Waals surface area contributed by atoms with Gasteiger partial charge in [0.1, 0.15) is 11.8 Å². The molecule has 5 heteroatoms. The molecule has 0 bridgehead atoms. The van der Waals surface area contributed by atoms with Crippen molar-refractivity contribution in [2.45, 2.75) is 26.3 Å². The molecule has 1 N–H and O–H groups in total. The maximum atomic E-state index is 11.7. The van der Waals surface area contributed by atoms with Gasteiger partial charge in [0.15, 0.2) is 0 Å². The first-order chi connectivity index (χ1) is 8.31. The number of likely N-dealkylation sites (N-methyl/N-ethyl adjacent to an activating group) is 1. The van der Waals surface area contributed by atoms with Crippen LogP contribution in [0.4, 0.5) is 5.69 Å². The highest BCUT2D eigenvalue weighted by atomic mass is 16.2. The van der Waals surface area contributed by atoms with Crippen LogP contribution in [0.2, 0.25) is 0 Å². The van der Waals surface area contributed by atoms with E-state index in [4.69, 9.17) is 5.26 Å². The van der Waals surface area contributed by atoms with E-state index < -0.39 is 0 Å². The lowest BCUT2D eigenvalue weighted by Gasteiger charge is -2.24. The molecule has 0 atom stereocenters. The largest absolute Gasteiger partial charge is 0.364 e. The molecular weight excluding hydrogens is 228 g/mol. The quantitative estimate of drug-likeness (QED) is 0.873. The fraction of sp³-hybridized carbons (Fsp3) is 0.462. The molecule has 0 spiro atoms. The zero-order valence-electron chi connectivity index (χ0n) is 11.2. The summed E-state index contributed by atoms with van der Waals surface area (Å²) in [6.45, 7) is 6.07. The van der Waals surface area contributed by atoms with Crippen molar-refractivity contribution < 1.29 is 4.79 Å². The number of nitrogens with one attached hydrogen (secondary N) is 1. The number of hydrogen-bond acceptors (Lipinski definition) is 4. The van der Waals surface area contributed by atoms with Gasteiger partial charge in [-0.25, -0.2) is 4.98 Å². The van der Waals surface area contributed by atoms with Crippen LogP contribution in [-0.2, 0) is 4.79 Å². The van der Waals surface area contributed by atoms with Gasteiger partial charge in [-0.1, -0.05) is 0 Å². The van der Waals surface area contributed by atoms with E-state index >= 15 is 0 Å². The molecule has 0 aliphatic rings. The van der Waals surface area contributed by atoms with Crippen LogP contribution in [0.25, 0.3) is 0 Å². The highest BCUT2D eigenvalue weighted by Gasteiger charge is 2.15. The van der Waals surface area contributed by atoms with Gasteiger partial charge in [-0.2, -0.15) is 5.26 Å². The first kappa shape index (κ1) is 14.0. The number of aromatic nitrogens is 1. The molecule has 1 aromatic heterocycles. The van der Waals surface area contributed by atoms with Crippen molar-refractivity contribution in [1.82, 2.24) is 10.3 Å². The molecule has 18 heavy (non-hydrogen) atoms. The second kappa shape index (κ2) is 5.50. The summed E-state index contributed by atoms with van der Waals surface area (Å²) in [7, 11) is 1.81. The fourth-order valence-corrected chi connectivity index (χ4v) is 1.44. The minimum Gasteiger partial charge on any atom is -0.364 e. The molecule has 5 nitrogen and oxygen atoms in total. The molecule has 0 aliphatic heterocycles. The smallest absolute Gasteiger partial charge is 0.239 e. The molecule has 1 heterocycles. The SMILES string of the molecule is CN(CC(=O)NC(C)(C)C)c1ccc(C#N)nc1. The van der Waals surface area contributed by atoms with Gasteiger partial charge in [-0.15, -0.1) is 0 Å². The number of carbonyl (C=O) groups is 1. The summed E-state index contributed by atoms with van der Waals surface area (Å²) in [6, 6.07) is 5.36. The minimum absolute atomic E-state index is 0.0469. The van der Waals surface area contributed by atoms with E-state index in [1.165, 1.54) is 0 Å².